The first-order valence-electron chi connectivity index (χ1n) is 12.1. The second-order valence-corrected chi connectivity index (χ2v) is 10.1. The predicted molar refractivity (Wildman–Crippen MR) is 133 cm³/mol. The summed E-state index contributed by atoms with van der Waals surface area (Å²) in [5.41, 5.74) is 2.92. The van der Waals surface area contributed by atoms with Gasteiger partial charge in [0.2, 0.25) is 0 Å². The monoisotopic (exact) mass is 506 g/mol. The molecule has 11 heteroatoms. The zero-order valence-corrected chi connectivity index (χ0v) is 20.7. The van der Waals surface area contributed by atoms with Crippen LogP contribution in [0.2, 0.25) is 5.02 Å². The maximum atomic E-state index is 13.1. The zero-order chi connectivity index (χ0) is 23.5. The van der Waals surface area contributed by atoms with Gasteiger partial charge in [0, 0.05) is 51.5 Å². The first-order valence-corrected chi connectivity index (χ1v) is 12.8. The summed E-state index contributed by atoms with van der Waals surface area (Å²) in [5.74, 6) is 0.730. The van der Waals surface area contributed by atoms with E-state index in [-0.39, 0.29) is 5.91 Å². The van der Waals surface area contributed by atoms with Gasteiger partial charge < -0.3 is 20.0 Å². The number of pyridine rings is 1. The van der Waals surface area contributed by atoms with Crippen molar-refractivity contribution in [1.82, 2.24) is 25.7 Å². The van der Waals surface area contributed by atoms with Crippen molar-refractivity contribution >= 4 is 40.7 Å². The lowest BCUT2D eigenvalue weighted by molar-refractivity contribution is -0.148. The van der Waals surface area contributed by atoms with Crippen molar-refractivity contribution < 1.29 is 14.5 Å². The Morgan fingerprint density at radius 2 is 1.94 bits per heavy atom. The standard InChI is InChI=1S/C23H31ClN6O3S/c24-18-6-3-9-25-20(18)28-12-14-29(15-13-28)21(31)19-16-23(33-27-19)7-10-30(11-8-23)32-22(34)26-17-4-1-2-5-17/h3,6,9,16-17,27H,1-2,4-5,7-8,10-15H2,(H,26,34). The Morgan fingerprint density at radius 3 is 2.65 bits per heavy atom. The maximum Gasteiger partial charge on any atom is 0.278 e. The van der Waals surface area contributed by atoms with Crippen molar-refractivity contribution in [1.29, 1.82) is 0 Å². The molecule has 1 saturated carbocycles. The van der Waals surface area contributed by atoms with Crippen LogP contribution in [0.5, 0.6) is 0 Å². The van der Waals surface area contributed by atoms with E-state index in [1.165, 1.54) is 12.8 Å². The van der Waals surface area contributed by atoms with E-state index in [1.807, 2.05) is 28.2 Å². The molecule has 0 aromatic carbocycles. The predicted octanol–water partition coefficient (Wildman–Crippen LogP) is 2.39. The highest BCUT2D eigenvalue weighted by Gasteiger charge is 2.41. The largest absolute Gasteiger partial charge is 0.376 e. The van der Waals surface area contributed by atoms with Crippen LogP contribution in [0.4, 0.5) is 5.82 Å². The summed E-state index contributed by atoms with van der Waals surface area (Å²) < 4.78 is 0. The summed E-state index contributed by atoms with van der Waals surface area (Å²) in [6, 6.07) is 4.09. The summed E-state index contributed by atoms with van der Waals surface area (Å²) in [5, 5.41) is 6.27. The minimum absolute atomic E-state index is 0.0377. The fraction of sp³-hybridized carbons (Fsp3) is 0.609. The van der Waals surface area contributed by atoms with Gasteiger partial charge in [-0.3, -0.25) is 15.1 Å². The van der Waals surface area contributed by atoms with Gasteiger partial charge >= 0.3 is 0 Å². The Hall–Kier alpha value is -2.14. The molecule has 4 heterocycles. The average molecular weight is 507 g/mol. The second-order valence-electron chi connectivity index (χ2n) is 9.35. The molecule has 5 rings (SSSR count). The normalized spacial score (nSPS) is 23.0. The number of hydroxylamine groups is 3. The summed E-state index contributed by atoms with van der Waals surface area (Å²) in [6.07, 6.45) is 9.92. The molecule has 34 heavy (non-hydrogen) atoms. The van der Waals surface area contributed by atoms with Crippen LogP contribution < -0.4 is 15.7 Å². The van der Waals surface area contributed by atoms with Gasteiger partial charge in [-0.25, -0.2) is 4.98 Å². The molecule has 1 spiro atoms. The lowest BCUT2D eigenvalue weighted by Crippen LogP contribution is -2.50. The molecule has 0 radical (unpaired) electrons. The Kier molecular flexibility index (Phi) is 7.10. The number of piperazine rings is 1. The highest BCUT2D eigenvalue weighted by Crippen LogP contribution is 2.33. The van der Waals surface area contributed by atoms with Crippen LogP contribution in [-0.2, 0) is 14.5 Å². The molecule has 0 atom stereocenters. The number of piperidine rings is 1. The topological polar surface area (TPSA) is 82.2 Å². The third-order valence-corrected chi connectivity index (χ3v) is 7.55. The molecule has 1 aromatic rings. The van der Waals surface area contributed by atoms with Crippen LogP contribution in [0, 0.1) is 0 Å². The number of carbonyl (C=O) groups excluding carboxylic acids is 1. The molecule has 3 fully saturated rings. The molecule has 1 amide bonds. The van der Waals surface area contributed by atoms with E-state index in [0.717, 1.165) is 31.5 Å². The van der Waals surface area contributed by atoms with E-state index < -0.39 is 5.60 Å². The fourth-order valence-corrected chi connectivity index (χ4v) is 5.58. The number of rotatable bonds is 4. The van der Waals surface area contributed by atoms with Crippen LogP contribution in [-0.4, -0.2) is 76.9 Å². The first kappa shape index (κ1) is 23.6. The van der Waals surface area contributed by atoms with E-state index in [4.69, 9.17) is 33.5 Å². The Labute approximate surface area is 210 Å². The smallest absolute Gasteiger partial charge is 0.278 e. The van der Waals surface area contributed by atoms with Gasteiger partial charge in [0.1, 0.15) is 17.1 Å². The van der Waals surface area contributed by atoms with Crippen LogP contribution in [0.1, 0.15) is 38.5 Å². The molecule has 3 aliphatic heterocycles. The number of carbonyl (C=O) groups is 1. The quantitative estimate of drug-likeness (QED) is 0.598. The van der Waals surface area contributed by atoms with E-state index in [1.54, 1.807) is 6.20 Å². The molecule has 184 valence electrons. The van der Waals surface area contributed by atoms with Gasteiger partial charge in [-0.1, -0.05) is 24.4 Å². The lowest BCUT2D eigenvalue weighted by Gasteiger charge is -2.35. The maximum absolute atomic E-state index is 13.1. The zero-order valence-electron chi connectivity index (χ0n) is 19.2. The minimum atomic E-state index is -0.491. The summed E-state index contributed by atoms with van der Waals surface area (Å²) in [6.45, 7) is 3.92. The van der Waals surface area contributed by atoms with Crippen molar-refractivity contribution in [3.05, 3.63) is 35.1 Å². The number of thiocarbonyl (C=S) groups is 1. The van der Waals surface area contributed by atoms with Gasteiger partial charge in [-0.05, 0) is 56.1 Å². The molecular formula is C23H31ClN6O3S. The van der Waals surface area contributed by atoms with Crippen LogP contribution >= 0.6 is 23.8 Å². The van der Waals surface area contributed by atoms with Gasteiger partial charge in [-0.2, -0.15) is 0 Å². The van der Waals surface area contributed by atoms with Gasteiger partial charge in [0.25, 0.3) is 11.1 Å². The lowest BCUT2D eigenvalue weighted by atomic mass is 9.91. The number of amides is 1. The molecule has 1 aromatic heterocycles. The third-order valence-electron chi connectivity index (χ3n) is 7.07. The highest BCUT2D eigenvalue weighted by molar-refractivity contribution is 7.80. The summed E-state index contributed by atoms with van der Waals surface area (Å²) in [7, 11) is 0. The highest BCUT2D eigenvalue weighted by atomic mass is 35.5. The van der Waals surface area contributed by atoms with Crippen LogP contribution in [0.15, 0.2) is 30.1 Å². The van der Waals surface area contributed by atoms with Crippen LogP contribution in [0.3, 0.4) is 0 Å². The fourth-order valence-electron chi connectivity index (χ4n) is 5.07. The van der Waals surface area contributed by atoms with E-state index >= 15 is 0 Å². The van der Waals surface area contributed by atoms with Crippen molar-refractivity contribution in [2.75, 3.05) is 44.2 Å². The number of hydrogen-bond donors (Lipinski definition) is 2. The van der Waals surface area contributed by atoms with E-state index in [9.17, 15) is 4.79 Å². The molecule has 0 unspecified atom stereocenters. The number of hydrogen-bond acceptors (Lipinski definition) is 8. The Morgan fingerprint density at radius 1 is 1.21 bits per heavy atom. The molecule has 2 N–H and O–H groups in total. The van der Waals surface area contributed by atoms with Gasteiger partial charge in [-0.15, -0.1) is 5.06 Å². The van der Waals surface area contributed by atoms with Crippen molar-refractivity contribution in [2.45, 2.75) is 50.2 Å². The summed E-state index contributed by atoms with van der Waals surface area (Å²) >= 11 is 11.6. The number of aromatic nitrogens is 1. The van der Waals surface area contributed by atoms with Crippen molar-refractivity contribution in [3.63, 3.8) is 0 Å². The van der Waals surface area contributed by atoms with Crippen molar-refractivity contribution in [3.8, 4) is 0 Å². The van der Waals surface area contributed by atoms with Crippen molar-refractivity contribution in [2.24, 2.45) is 0 Å². The minimum Gasteiger partial charge on any atom is -0.376 e. The molecular weight excluding hydrogens is 476 g/mol. The molecule has 0 bridgehead atoms. The van der Waals surface area contributed by atoms with Crippen LogP contribution in [0.25, 0.3) is 0 Å². The van der Waals surface area contributed by atoms with Gasteiger partial charge in [0.15, 0.2) is 0 Å². The third kappa shape index (κ3) is 5.25. The number of halogens is 1. The van der Waals surface area contributed by atoms with E-state index in [2.05, 4.69) is 20.7 Å². The molecule has 4 aliphatic rings. The number of nitrogens with one attached hydrogen (secondary N) is 2. The average Bonchev–Trinajstić information content (AvgIpc) is 3.51. The number of nitrogens with zero attached hydrogens (tertiary/aromatic N) is 4. The first-order chi connectivity index (χ1) is 16.5. The second kappa shape index (κ2) is 10.2. The Bertz CT molecular complexity index is 940. The molecule has 2 saturated heterocycles. The molecule has 9 nitrogen and oxygen atoms in total. The van der Waals surface area contributed by atoms with E-state index in [0.29, 0.717) is 61.2 Å². The molecule has 1 aliphatic carbocycles. The number of anilines is 1. The van der Waals surface area contributed by atoms with Gasteiger partial charge in [0.05, 0.1) is 5.02 Å². The SMILES string of the molecule is O=C(C1=CC2(CCN(OC(=S)NC3CCCC3)CC2)ON1)N1CCN(c2ncccc2Cl)CC1. The summed E-state index contributed by atoms with van der Waals surface area (Å²) in [4.78, 5) is 33.2. The Balaban J connectivity index is 1.10.